The first-order valence-corrected chi connectivity index (χ1v) is 5.04. The molecule has 0 atom stereocenters. The van der Waals surface area contributed by atoms with Crippen LogP contribution >= 0.6 is 0 Å². The van der Waals surface area contributed by atoms with Gasteiger partial charge in [0.2, 0.25) is 0 Å². The highest BCUT2D eigenvalue weighted by molar-refractivity contribution is 5.40. The van der Waals surface area contributed by atoms with Gasteiger partial charge < -0.3 is 5.73 Å². The van der Waals surface area contributed by atoms with Gasteiger partial charge >= 0.3 is 0 Å². The average molecular weight is 208 g/mol. The summed E-state index contributed by atoms with van der Waals surface area (Å²) in [5.41, 5.74) is 6.61. The maximum Gasteiger partial charge on any atom is 0.129 e. The van der Waals surface area contributed by atoms with Crippen molar-refractivity contribution in [3.8, 4) is 0 Å². The minimum Gasteiger partial charge on any atom is -0.399 e. The van der Waals surface area contributed by atoms with E-state index in [0.717, 1.165) is 13.1 Å². The molecule has 0 saturated carbocycles. The lowest BCUT2D eigenvalue weighted by molar-refractivity contribution is 0.306. The number of nitrogens with zero attached hydrogens (tertiary/aromatic N) is 1. The van der Waals surface area contributed by atoms with Crippen LogP contribution in [0, 0.1) is 5.82 Å². The molecule has 2 N–H and O–H groups in total. The number of nitrogens with two attached hydrogens (primary N) is 1. The highest BCUT2D eigenvalue weighted by Gasteiger charge is 2.06. The Morgan fingerprint density at radius 3 is 2.80 bits per heavy atom. The first-order valence-electron chi connectivity index (χ1n) is 5.04. The van der Waals surface area contributed by atoms with Gasteiger partial charge in [-0.1, -0.05) is 19.1 Å². The van der Waals surface area contributed by atoms with Crippen molar-refractivity contribution < 1.29 is 4.39 Å². The van der Waals surface area contributed by atoms with E-state index in [1.54, 1.807) is 12.1 Å². The molecule has 0 bridgehead atoms. The zero-order valence-corrected chi connectivity index (χ0v) is 9.04. The molecule has 82 valence electrons. The van der Waals surface area contributed by atoms with Crippen LogP contribution in [0.15, 0.2) is 30.9 Å². The molecule has 1 aromatic rings. The SMILES string of the molecule is C=CCN(CC)Cc1ccc(N)cc1F. The predicted octanol–water partition coefficient (Wildman–Crippen LogP) is 2.42. The summed E-state index contributed by atoms with van der Waals surface area (Å²) in [5.74, 6) is -0.238. The van der Waals surface area contributed by atoms with Crippen LogP contribution in [0.4, 0.5) is 10.1 Å². The van der Waals surface area contributed by atoms with Gasteiger partial charge in [-0.15, -0.1) is 6.58 Å². The minimum absolute atomic E-state index is 0.238. The van der Waals surface area contributed by atoms with Crippen molar-refractivity contribution in [1.29, 1.82) is 0 Å². The lowest BCUT2D eigenvalue weighted by atomic mass is 10.2. The number of hydrogen-bond acceptors (Lipinski definition) is 2. The number of anilines is 1. The van der Waals surface area contributed by atoms with Crippen LogP contribution in [0.25, 0.3) is 0 Å². The summed E-state index contributed by atoms with van der Waals surface area (Å²) in [6, 6.07) is 4.81. The van der Waals surface area contributed by atoms with Crippen LogP contribution < -0.4 is 5.73 Å². The van der Waals surface area contributed by atoms with Crippen molar-refractivity contribution in [3.05, 3.63) is 42.2 Å². The number of nitrogen functional groups attached to an aromatic ring is 1. The van der Waals surface area contributed by atoms with E-state index in [1.807, 2.05) is 13.0 Å². The lowest BCUT2D eigenvalue weighted by Crippen LogP contribution is -2.23. The molecule has 0 aliphatic heterocycles. The number of likely N-dealkylation sites (N-methyl/N-ethyl adjacent to an activating group) is 1. The first kappa shape index (κ1) is 11.7. The van der Waals surface area contributed by atoms with Crippen LogP contribution in [0.3, 0.4) is 0 Å². The van der Waals surface area contributed by atoms with Gasteiger partial charge in [-0.05, 0) is 18.7 Å². The normalized spacial score (nSPS) is 10.6. The lowest BCUT2D eigenvalue weighted by Gasteiger charge is -2.18. The van der Waals surface area contributed by atoms with Gasteiger partial charge in [-0.2, -0.15) is 0 Å². The Hall–Kier alpha value is -1.35. The third-order valence-corrected chi connectivity index (χ3v) is 2.31. The fourth-order valence-electron chi connectivity index (χ4n) is 1.42. The minimum atomic E-state index is -0.238. The first-order chi connectivity index (χ1) is 7.17. The molecular formula is C12H17FN2. The Morgan fingerprint density at radius 1 is 1.53 bits per heavy atom. The summed E-state index contributed by atoms with van der Waals surface area (Å²) in [6.45, 7) is 7.94. The van der Waals surface area contributed by atoms with Gasteiger partial charge in [-0.25, -0.2) is 4.39 Å². The van der Waals surface area contributed by atoms with Crippen LogP contribution in [-0.2, 0) is 6.54 Å². The summed E-state index contributed by atoms with van der Waals surface area (Å²) in [7, 11) is 0. The van der Waals surface area contributed by atoms with Crippen molar-refractivity contribution >= 4 is 5.69 Å². The third kappa shape index (κ3) is 3.36. The molecule has 0 spiro atoms. The van der Waals surface area contributed by atoms with Crippen LogP contribution in [0.1, 0.15) is 12.5 Å². The second-order valence-corrected chi connectivity index (χ2v) is 3.47. The highest BCUT2D eigenvalue weighted by Crippen LogP contribution is 2.13. The van der Waals surface area contributed by atoms with E-state index >= 15 is 0 Å². The van der Waals surface area contributed by atoms with E-state index in [1.165, 1.54) is 6.07 Å². The Balaban J connectivity index is 2.74. The van der Waals surface area contributed by atoms with Gasteiger partial charge in [0, 0.05) is 24.3 Å². The van der Waals surface area contributed by atoms with Crippen molar-refractivity contribution in [2.75, 3.05) is 18.8 Å². The number of benzene rings is 1. The van der Waals surface area contributed by atoms with E-state index in [0.29, 0.717) is 17.8 Å². The molecular weight excluding hydrogens is 191 g/mol. The summed E-state index contributed by atoms with van der Waals surface area (Å²) in [5, 5.41) is 0. The molecule has 0 fully saturated rings. The molecule has 0 aliphatic rings. The van der Waals surface area contributed by atoms with Crippen molar-refractivity contribution in [3.63, 3.8) is 0 Å². The quantitative estimate of drug-likeness (QED) is 0.594. The fraction of sp³-hybridized carbons (Fsp3) is 0.333. The molecule has 0 radical (unpaired) electrons. The molecule has 0 heterocycles. The average Bonchev–Trinajstić information content (AvgIpc) is 2.21. The smallest absolute Gasteiger partial charge is 0.129 e. The zero-order valence-electron chi connectivity index (χ0n) is 9.04. The molecule has 15 heavy (non-hydrogen) atoms. The molecule has 1 aromatic carbocycles. The number of rotatable bonds is 5. The molecule has 0 aromatic heterocycles. The second-order valence-electron chi connectivity index (χ2n) is 3.47. The fourth-order valence-corrected chi connectivity index (χ4v) is 1.42. The van der Waals surface area contributed by atoms with Crippen LogP contribution in [-0.4, -0.2) is 18.0 Å². The molecule has 0 unspecified atom stereocenters. The van der Waals surface area contributed by atoms with E-state index < -0.39 is 0 Å². The van der Waals surface area contributed by atoms with Crippen LogP contribution in [0.5, 0.6) is 0 Å². The van der Waals surface area contributed by atoms with Gasteiger partial charge in [0.15, 0.2) is 0 Å². The molecule has 0 saturated heterocycles. The van der Waals surface area contributed by atoms with E-state index in [4.69, 9.17) is 5.73 Å². The molecule has 0 amide bonds. The predicted molar refractivity (Wildman–Crippen MR) is 62.0 cm³/mol. The Bertz CT molecular complexity index is 336. The Labute approximate surface area is 90.2 Å². The van der Waals surface area contributed by atoms with Crippen molar-refractivity contribution in [2.24, 2.45) is 0 Å². The van der Waals surface area contributed by atoms with Gasteiger partial charge in [0.25, 0.3) is 0 Å². The summed E-state index contributed by atoms with van der Waals surface area (Å²) < 4.78 is 13.5. The molecule has 1 rings (SSSR count). The number of halogens is 1. The monoisotopic (exact) mass is 208 g/mol. The Morgan fingerprint density at radius 2 is 2.27 bits per heavy atom. The van der Waals surface area contributed by atoms with Crippen LogP contribution in [0.2, 0.25) is 0 Å². The molecule has 0 aliphatic carbocycles. The molecule has 2 nitrogen and oxygen atoms in total. The largest absolute Gasteiger partial charge is 0.399 e. The topological polar surface area (TPSA) is 29.3 Å². The van der Waals surface area contributed by atoms with E-state index in [2.05, 4.69) is 11.5 Å². The van der Waals surface area contributed by atoms with Gasteiger partial charge in [0.1, 0.15) is 5.82 Å². The van der Waals surface area contributed by atoms with E-state index in [9.17, 15) is 4.39 Å². The summed E-state index contributed by atoms with van der Waals surface area (Å²) >= 11 is 0. The highest BCUT2D eigenvalue weighted by atomic mass is 19.1. The Kier molecular flexibility index (Phi) is 4.31. The van der Waals surface area contributed by atoms with Crippen molar-refractivity contribution in [2.45, 2.75) is 13.5 Å². The van der Waals surface area contributed by atoms with Gasteiger partial charge in [0.05, 0.1) is 0 Å². The zero-order chi connectivity index (χ0) is 11.3. The number of hydrogen-bond donors (Lipinski definition) is 1. The van der Waals surface area contributed by atoms with E-state index in [-0.39, 0.29) is 5.82 Å². The maximum absolute atomic E-state index is 13.5. The summed E-state index contributed by atoms with van der Waals surface area (Å²) in [6.07, 6.45) is 1.82. The second kappa shape index (κ2) is 5.51. The third-order valence-electron chi connectivity index (χ3n) is 2.31. The van der Waals surface area contributed by atoms with Gasteiger partial charge in [-0.3, -0.25) is 4.90 Å². The standard InChI is InChI=1S/C12H17FN2/c1-3-7-15(4-2)9-10-5-6-11(14)8-12(10)13/h3,5-6,8H,1,4,7,9,14H2,2H3. The molecule has 3 heteroatoms. The van der Waals surface area contributed by atoms with Crippen molar-refractivity contribution in [1.82, 2.24) is 4.90 Å². The summed E-state index contributed by atoms with van der Waals surface area (Å²) in [4.78, 5) is 2.10. The maximum atomic E-state index is 13.5.